The maximum Gasteiger partial charge on any atom is 0.270 e. The standard InChI is InChI=1S/C18H20N2O3/c1-12-10-20(11-17(23-12)14-6-4-3-5-7-14)18(22)16-8-15(9-19-16)13(2)21/h3-9,12,17,19H,10-11H2,1-2H3/t12-,17-/m1/s1. The van der Waals surface area contributed by atoms with Crippen molar-refractivity contribution < 1.29 is 14.3 Å². The lowest BCUT2D eigenvalue weighted by molar-refractivity contribution is -0.0692. The van der Waals surface area contributed by atoms with Crippen molar-refractivity contribution in [1.82, 2.24) is 9.88 Å². The van der Waals surface area contributed by atoms with Crippen LogP contribution in [0.3, 0.4) is 0 Å². The van der Waals surface area contributed by atoms with Gasteiger partial charge in [-0.1, -0.05) is 30.3 Å². The maximum absolute atomic E-state index is 12.7. The lowest BCUT2D eigenvalue weighted by atomic mass is 10.1. The topological polar surface area (TPSA) is 62.4 Å². The van der Waals surface area contributed by atoms with Crippen LogP contribution in [0.1, 0.15) is 46.4 Å². The van der Waals surface area contributed by atoms with Gasteiger partial charge in [-0.15, -0.1) is 0 Å². The quantitative estimate of drug-likeness (QED) is 0.887. The number of benzene rings is 1. The molecule has 2 atom stereocenters. The van der Waals surface area contributed by atoms with Crippen LogP contribution in [0.25, 0.3) is 0 Å². The molecule has 3 rings (SSSR count). The number of H-pyrrole nitrogens is 1. The Morgan fingerprint density at radius 2 is 1.96 bits per heavy atom. The third-order valence-corrected chi connectivity index (χ3v) is 4.04. The molecule has 1 aliphatic heterocycles. The van der Waals surface area contributed by atoms with E-state index in [1.54, 1.807) is 17.2 Å². The molecule has 1 saturated heterocycles. The molecular formula is C18H20N2O3. The van der Waals surface area contributed by atoms with Gasteiger partial charge in [-0.2, -0.15) is 0 Å². The van der Waals surface area contributed by atoms with Gasteiger partial charge in [0, 0.05) is 18.3 Å². The molecule has 2 heterocycles. The van der Waals surface area contributed by atoms with E-state index in [2.05, 4.69) is 4.98 Å². The Kier molecular flexibility index (Phi) is 4.30. The normalized spacial score (nSPS) is 21.2. The largest absolute Gasteiger partial charge is 0.367 e. The highest BCUT2D eigenvalue weighted by molar-refractivity contribution is 5.99. The molecule has 1 aromatic heterocycles. The first-order chi connectivity index (χ1) is 11.0. The summed E-state index contributed by atoms with van der Waals surface area (Å²) in [5, 5.41) is 0. The summed E-state index contributed by atoms with van der Waals surface area (Å²) in [4.78, 5) is 28.7. The predicted molar refractivity (Wildman–Crippen MR) is 86.4 cm³/mol. The van der Waals surface area contributed by atoms with Crippen molar-refractivity contribution in [3.05, 3.63) is 59.4 Å². The van der Waals surface area contributed by atoms with E-state index in [1.807, 2.05) is 37.3 Å². The van der Waals surface area contributed by atoms with Crippen LogP contribution in [0, 0.1) is 0 Å². The van der Waals surface area contributed by atoms with Gasteiger partial charge in [0.1, 0.15) is 11.8 Å². The smallest absolute Gasteiger partial charge is 0.270 e. The minimum Gasteiger partial charge on any atom is -0.367 e. The number of nitrogens with zero attached hydrogens (tertiary/aromatic N) is 1. The van der Waals surface area contributed by atoms with E-state index in [9.17, 15) is 9.59 Å². The second-order valence-electron chi connectivity index (χ2n) is 5.91. The van der Waals surface area contributed by atoms with Crippen LogP contribution in [0.5, 0.6) is 0 Å². The number of amides is 1. The number of aromatic nitrogens is 1. The minimum absolute atomic E-state index is 0.0415. The number of morpholine rings is 1. The summed E-state index contributed by atoms with van der Waals surface area (Å²) < 4.78 is 5.97. The molecule has 1 fully saturated rings. The first-order valence-electron chi connectivity index (χ1n) is 7.73. The Labute approximate surface area is 135 Å². The van der Waals surface area contributed by atoms with Crippen LogP contribution >= 0.6 is 0 Å². The number of rotatable bonds is 3. The molecule has 5 nitrogen and oxygen atoms in total. The SMILES string of the molecule is CC(=O)c1c[nH]c(C(=O)N2C[C@@H](C)O[C@@H](c3ccccc3)C2)c1. The van der Waals surface area contributed by atoms with Crippen molar-refractivity contribution in [3.8, 4) is 0 Å². The molecule has 0 unspecified atom stereocenters. The zero-order valence-corrected chi connectivity index (χ0v) is 13.3. The van der Waals surface area contributed by atoms with Crippen molar-refractivity contribution in [1.29, 1.82) is 0 Å². The van der Waals surface area contributed by atoms with E-state index in [-0.39, 0.29) is 23.9 Å². The molecule has 5 heteroatoms. The van der Waals surface area contributed by atoms with Gasteiger partial charge in [0.25, 0.3) is 5.91 Å². The van der Waals surface area contributed by atoms with Crippen molar-refractivity contribution in [2.24, 2.45) is 0 Å². The Hall–Kier alpha value is -2.40. The number of ether oxygens (including phenoxy) is 1. The summed E-state index contributed by atoms with van der Waals surface area (Å²) in [5.41, 5.74) is 2.03. The van der Waals surface area contributed by atoms with E-state index in [0.717, 1.165) is 5.56 Å². The molecule has 1 aromatic carbocycles. The van der Waals surface area contributed by atoms with Crippen molar-refractivity contribution in [2.45, 2.75) is 26.1 Å². The Morgan fingerprint density at radius 1 is 1.22 bits per heavy atom. The fourth-order valence-electron chi connectivity index (χ4n) is 2.86. The Balaban J connectivity index is 1.78. The molecule has 0 radical (unpaired) electrons. The third kappa shape index (κ3) is 3.35. The molecule has 0 spiro atoms. The predicted octanol–water partition coefficient (Wildman–Crippen LogP) is 2.82. The molecule has 0 saturated carbocycles. The van der Waals surface area contributed by atoms with Gasteiger partial charge >= 0.3 is 0 Å². The van der Waals surface area contributed by atoms with Crippen LogP contribution in [0.15, 0.2) is 42.6 Å². The molecule has 0 bridgehead atoms. The van der Waals surface area contributed by atoms with Crippen LogP contribution in [0.4, 0.5) is 0 Å². The molecule has 120 valence electrons. The Bertz CT molecular complexity index is 708. The summed E-state index contributed by atoms with van der Waals surface area (Å²) in [5.74, 6) is -0.161. The van der Waals surface area contributed by atoms with E-state index < -0.39 is 0 Å². The van der Waals surface area contributed by atoms with Crippen LogP contribution in [-0.2, 0) is 4.74 Å². The van der Waals surface area contributed by atoms with Crippen molar-refractivity contribution in [2.75, 3.05) is 13.1 Å². The lowest BCUT2D eigenvalue weighted by Gasteiger charge is -2.36. The van der Waals surface area contributed by atoms with E-state index >= 15 is 0 Å². The van der Waals surface area contributed by atoms with E-state index in [0.29, 0.717) is 24.3 Å². The van der Waals surface area contributed by atoms with E-state index in [4.69, 9.17) is 4.74 Å². The minimum atomic E-state index is -0.133. The summed E-state index contributed by atoms with van der Waals surface area (Å²) >= 11 is 0. The molecular weight excluding hydrogens is 292 g/mol. The zero-order valence-electron chi connectivity index (χ0n) is 13.3. The second kappa shape index (κ2) is 6.38. The summed E-state index contributed by atoms with van der Waals surface area (Å²) in [6, 6.07) is 11.5. The second-order valence-corrected chi connectivity index (χ2v) is 5.91. The summed E-state index contributed by atoms with van der Waals surface area (Å²) in [7, 11) is 0. The number of Topliss-reactive ketones (excluding diaryl/α,β-unsaturated/α-hetero) is 1. The number of ketones is 1. The number of aromatic amines is 1. The summed E-state index contributed by atoms with van der Waals surface area (Å²) in [6.07, 6.45) is 1.40. The van der Waals surface area contributed by atoms with Gasteiger partial charge in [-0.05, 0) is 25.5 Å². The van der Waals surface area contributed by atoms with Gasteiger partial charge in [-0.3, -0.25) is 9.59 Å². The number of carbonyl (C=O) groups is 2. The monoisotopic (exact) mass is 312 g/mol. The van der Waals surface area contributed by atoms with Gasteiger partial charge in [-0.25, -0.2) is 0 Å². The number of nitrogens with one attached hydrogen (secondary N) is 1. The van der Waals surface area contributed by atoms with Crippen LogP contribution in [-0.4, -0.2) is 40.8 Å². The average molecular weight is 312 g/mol. The fraction of sp³-hybridized carbons (Fsp3) is 0.333. The molecule has 1 aliphatic rings. The highest BCUT2D eigenvalue weighted by Crippen LogP contribution is 2.26. The molecule has 23 heavy (non-hydrogen) atoms. The average Bonchev–Trinajstić information content (AvgIpc) is 3.04. The van der Waals surface area contributed by atoms with Gasteiger partial charge in [0.05, 0.1) is 12.6 Å². The number of hydrogen-bond acceptors (Lipinski definition) is 3. The van der Waals surface area contributed by atoms with Gasteiger partial charge in [0.2, 0.25) is 0 Å². The highest BCUT2D eigenvalue weighted by Gasteiger charge is 2.30. The first-order valence-corrected chi connectivity index (χ1v) is 7.73. The maximum atomic E-state index is 12.7. The summed E-state index contributed by atoms with van der Waals surface area (Å²) in [6.45, 7) is 4.49. The highest BCUT2D eigenvalue weighted by atomic mass is 16.5. The molecule has 2 aromatic rings. The molecule has 1 amide bonds. The van der Waals surface area contributed by atoms with Crippen LogP contribution < -0.4 is 0 Å². The fourth-order valence-corrected chi connectivity index (χ4v) is 2.86. The molecule has 0 aliphatic carbocycles. The zero-order chi connectivity index (χ0) is 16.4. The van der Waals surface area contributed by atoms with Crippen molar-refractivity contribution in [3.63, 3.8) is 0 Å². The third-order valence-electron chi connectivity index (χ3n) is 4.04. The number of carbonyl (C=O) groups excluding carboxylic acids is 2. The van der Waals surface area contributed by atoms with Crippen LogP contribution in [0.2, 0.25) is 0 Å². The van der Waals surface area contributed by atoms with Gasteiger partial charge in [0.15, 0.2) is 5.78 Å². The molecule has 1 N–H and O–H groups in total. The first kappa shape index (κ1) is 15.5. The Morgan fingerprint density at radius 3 is 2.61 bits per heavy atom. The lowest BCUT2D eigenvalue weighted by Crippen LogP contribution is -2.46. The van der Waals surface area contributed by atoms with E-state index in [1.165, 1.54) is 6.92 Å². The van der Waals surface area contributed by atoms with Gasteiger partial charge < -0.3 is 14.6 Å². The van der Waals surface area contributed by atoms with Crippen molar-refractivity contribution >= 4 is 11.7 Å². The number of hydrogen-bond donors (Lipinski definition) is 1.